The van der Waals surface area contributed by atoms with E-state index in [2.05, 4.69) is 44.5 Å². The molecule has 1 N–H and O–H groups in total. The van der Waals surface area contributed by atoms with Crippen LogP contribution in [0.4, 0.5) is 5.82 Å². The van der Waals surface area contributed by atoms with Gasteiger partial charge in [-0.1, -0.05) is 6.92 Å². The van der Waals surface area contributed by atoms with Crippen LogP contribution in [0.2, 0.25) is 0 Å². The van der Waals surface area contributed by atoms with Gasteiger partial charge < -0.3 is 5.32 Å². The number of nitrogens with one attached hydrogen (secondary N) is 1. The highest BCUT2D eigenvalue weighted by molar-refractivity contribution is 7.99. The Bertz CT molecular complexity index is 527. The molecule has 0 aliphatic heterocycles. The van der Waals surface area contributed by atoms with Gasteiger partial charge in [0.15, 0.2) is 11.5 Å². The summed E-state index contributed by atoms with van der Waals surface area (Å²) >= 11 is 2.06. The Kier molecular flexibility index (Phi) is 3.31. The first-order valence-electron chi connectivity index (χ1n) is 6.27. The van der Waals surface area contributed by atoms with Crippen LogP contribution in [0.25, 0.3) is 5.65 Å². The number of tetrazole rings is 1. The molecule has 2 heterocycles. The second kappa shape index (κ2) is 5.09. The topological polar surface area (TPSA) is 68.0 Å². The van der Waals surface area contributed by atoms with E-state index >= 15 is 0 Å². The molecule has 0 amide bonds. The Hall–Kier alpha value is -1.37. The fraction of sp³-hybridized carbons (Fsp3) is 0.636. The highest BCUT2D eigenvalue weighted by Gasteiger charge is 2.25. The largest absolute Gasteiger partial charge is 0.366 e. The first-order chi connectivity index (χ1) is 8.86. The zero-order valence-corrected chi connectivity index (χ0v) is 11.1. The summed E-state index contributed by atoms with van der Waals surface area (Å²) in [6, 6.07) is 0.505. The predicted molar refractivity (Wildman–Crippen MR) is 71.8 cm³/mol. The van der Waals surface area contributed by atoms with Crippen molar-refractivity contribution in [3.05, 3.63) is 12.4 Å². The molecule has 1 aliphatic rings. The van der Waals surface area contributed by atoms with Crippen LogP contribution in [0.3, 0.4) is 0 Å². The number of fused-ring (bicyclic) bond motifs is 1. The standard InChI is InChI=1S/C11H16N6S/c1-2-18-9-4-3-8(5-9)13-10-6-12-7-11-14-15-16-17(10)11/h6-9,13H,2-5H2,1H3. The molecule has 7 heteroatoms. The highest BCUT2D eigenvalue weighted by atomic mass is 32.2. The van der Waals surface area contributed by atoms with Crippen molar-refractivity contribution in [3.63, 3.8) is 0 Å². The summed E-state index contributed by atoms with van der Waals surface area (Å²) in [5.74, 6) is 2.08. The quantitative estimate of drug-likeness (QED) is 0.904. The fourth-order valence-corrected chi connectivity index (χ4v) is 3.58. The van der Waals surface area contributed by atoms with Crippen molar-refractivity contribution in [3.8, 4) is 0 Å². The SMILES string of the molecule is CCSC1CCC(Nc2cncc3nnnn23)C1. The molecule has 0 bridgehead atoms. The minimum absolute atomic E-state index is 0.505. The summed E-state index contributed by atoms with van der Waals surface area (Å²) in [6.45, 7) is 2.22. The molecular formula is C11H16N6S. The minimum atomic E-state index is 0.505. The van der Waals surface area contributed by atoms with Crippen LogP contribution >= 0.6 is 11.8 Å². The van der Waals surface area contributed by atoms with Gasteiger partial charge in [0.2, 0.25) is 0 Å². The van der Waals surface area contributed by atoms with E-state index in [4.69, 9.17) is 0 Å². The van der Waals surface area contributed by atoms with Crippen molar-refractivity contribution >= 4 is 23.2 Å². The number of anilines is 1. The minimum Gasteiger partial charge on any atom is -0.366 e. The zero-order valence-electron chi connectivity index (χ0n) is 10.3. The van der Waals surface area contributed by atoms with E-state index in [1.807, 2.05) is 0 Å². The van der Waals surface area contributed by atoms with Crippen LogP contribution in [0, 0.1) is 0 Å². The molecule has 0 saturated heterocycles. The van der Waals surface area contributed by atoms with Crippen LogP contribution in [0.1, 0.15) is 26.2 Å². The zero-order chi connectivity index (χ0) is 12.4. The van der Waals surface area contributed by atoms with E-state index in [0.29, 0.717) is 11.7 Å². The number of thioether (sulfide) groups is 1. The molecule has 1 fully saturated rings. The molecule has 0 spiro atoms. The predicted octanol–water partition coefficient (Wildman–Crippen LogP) is 1.61. The average molecular weight is 264 g/mol. The van der Waals surface area contributed by atoms with Crippen molar-refractivity contribution in [1.29, 1.82) is 0 Å². The van der Waals surface area contributed by atoms with Gasteiger partial charge in [0, 0.05) is 11.3 Å². The molecule has 2 aromatic rings. The molecule has 2 atom stereocenters. The van der Waals surface area contributed by atoms with E-state index in [-0.39, 0.29) is 0 Å². The molecule has 1 saturated carbocycles. The van der Waals surface area contributed by atoms with Gasteiger partial charge in [0.25, 0.3) is 0 Å². The Morgan fingerprint density at radius 1 is 1.44 bits per heavy atom. The van der Waals surface area contributed by atoms with Gasteiger partial charge in [-0.2, -0.15) is 16.3 Å². The van der Waals surface area contributed by atoms with Crippen molar-refractivity contribution in [1.82, 2.24) is 25.0 Å². The second-order valence-electron chi connectivity index (χ2n) is 4.47. The number of rotatable bonds is 4. The van der Waals surface area contributed by atoms with Gasteiger partial charge in [-0.25, -0.2) is 0 Å². The van der Waals surface area contributed by atoms with Crippen LogP contribution in [-0.4, -0.2) is 42.1 Å². The third kappa shape index (κ3) is 2.27. The molecule has 2 unspecified atom stereocenters. The van der Waals surface area contributed by atoms with Crippen LogP contribution in [-0.2, 0) is 0 Å². The molecule has 0 aromatic carbocycles. The van der Waals surface area contributed by atoms with E-state index in [9.17, 15) is 0 Å². The summed E-state index contributed by atoms with van der Waals surface area (Å²) in [7, 11) is 0. The van der Waals surface area contributed by atoms with Gasteiger partial charge in [-0.15, -0.1) is 5.10 Å². The van der Waals surface area contributed by atoms with E-state index in [0.717, 1.165) is 11.1 Å². The fourth-order valence-electron chi connectivity index (χ4n) is 2.44. The van der Waals surface area contributed by atoms with Crippen molar-refractivity contribution < 1.29 is 0 Å². The smallest absolute Gasteiger partial charge is 0.199 e. The van der Waals surface area contributed by atoms with Gasteiger partial charge in [0.1, 0.15) is 0 Å². The highest BCUT2D eigenvalue weighted by Crippen LogP contribution is 2.31. The molecule has 1 aliphatic carbocycles. The summed E-state index contributed by atoms with van der Waals surface area (Å²) < 4.78 is 1.70. The molecular weight excluding hydrogens is 248 g/mol. The lowest BCUT2D eigenvalue weighted by Gasteiger charge is -2.14. The third-order valence-electron chi connectivity index (χ3n) is 3.25. The van der Waals surface area contributed by atoms with E-state index in [1.165, 1.54) is 25.0 Å². The first-order valence-corrected chi connectivity index (χ1v) is 7.32. The van der Waals surface area contributed by atoms with Gasteiger partial charge >= 0.3 is 0 Å². The Morgan fingerprint density at radius 2 is 2.39 bits per heavy atom. The Balaban J connectivity index is 1.71. The summed E-state index contributed by atoms with van der Waals surface area (Å²) in [5.41, 5.74) is 0.678. The maximum absolute atomic E-state index is 4.15. The van der Waals surface area contributed by atoms with Crippen LogP contribution < -0.4 is 5.32 Å². The monoisotopic (exact) mass is 264 g/mol. The summed E-state index contributed by atoms with van der Waals surface area (Å²) in [4.78, 5) is 4.15. The lowest BCUT2D eigenvalue weighted by Crippen LogP contribution is -2.18. The second-order valence-corrected chi connectivity index (χ2v) is 6.05. The van der Waals surface area contributed by atoms with Crippen molar-refractivity contribution in [2.75, 3.05) is 11.1 Å². The third-order valence-corrected chi connectivity index (χ3v) is 4.48. The van der Waals surface area contributed by atoms with Gasteiger partial charge in [0.05, 0.1) is 12.4 Å². The van der Waals surface area contributed by atoms with Crippen LogP contribution in [0.5, 0.6) is 0 Å². The first kappa shape index (κ1) is 11.7. The molecule has 18 heavy (non-hydrogen) atoms. The normalized spacial score (nSPS) is 23.6. The molecule has 6 nitrogen and oxygen atoms in total. The molecule has 96 valence electrons. The number of hydrogen-bond donors (Lipinski definition) is 1. The van der Waals surface area contributed by atoms with Gasteiger partial charge in [-0.3, -0.25) is 4.98 Å². The lowest BCUT2D eigenvalue weighted by molar-refractivity contribution is 0.733. The van der Waals surface area contributed by atoms with Crippen LogP contribution in [0.15, 0.2) is 12.4 Å². The number of nitrogens with zero attached hydrogens (tertiary/aromatic N) is 5. The number of hydrogen-bond acceptors (Lipinski definition) is 6. The maximum atomic E-state index is 4.15. The van der Waals surface area contributed by atoms with E-state index in [1.54, 1.807) is 16.9 Å². The molecule has 0 radical (unpaired) electrons. The molecule has 3 rings (SSSR count). The average Bonchev–Trinajstić information content (AvgIpc) is 2.99. The van der Waals surface area contributed by atoms with Gasteiger partial charge in [-0.05, 0) is 35.4 Å². The lowest BCUT2D eigenvalue weighted by atomic mass is 10.2. The summed E-state index contributed by atoms with van der Waals surface area (Å²) in [6.07, 6.45) is 7.14. The van der Waals surface area contributed by atoms with E-state index < -0.39 is 0 Å². The van der Waals surface area contributed by atoms with Crippen molar-refractivity contribution in [2.45, 2.75) is 37.5 Å². The maximum Gasteiger partial charge on any atom is 0.199 e. The summed E-state index contributed by atoms with van der Waals surface area (Å²) in [5, 5.41) is 15.8. The Labute approximate surface area is 110 Å². The molecule has 2 aromatic heterocycles. The number of aromatic nitrogens is 5. The van der Waals surface area contributed by atoms with Crippen molar-refractivity contribution in [2.24, 2.45) is 0 Å². The Morgan fingerprint density at radius 3 is 3.28 bits per heavy atom.